The maximum absolute atomic E-state index is 12.7. The summed E-state index contributed by atoms with van der Waals surface area (Å²) in [5.74, 6) is 0.00855. The Hall–Kier alpha value is -1.47. The summed E-state index contributed by atoms with van der Waals surface area (Å²) in [5.41, 5.74) is 7.46. The lowest BCUT2D eigenvalue weighted by atomic mass is 9.79. The number of anilines is 1. The van der Waals surface area contributed by atoms with Crippen LogP contribution in [0.5, 0.6) is 0 Å². The number of ether oxygens (including phenoxy) is 2. The van der Waals surface area contributed by atoms with Crippen molar-refractivity contribution >= 4 is 11.6 Å². The molecule has 6 heteroatoms. The first-order valence-electron chi connectivity index (χ1n) is 8.70. The molecule has 1 aromatic carbocycles. The molecule has 2 saturated heterocycles. The Morgan fingerprint density at radius 1 is 1.08 bits per heavy atom. The van der Waals surface area contributed by atoms with Crippen molar-refractivity contribution in [1.82, 2.24) is 4.90 Å². The number of hydrogen-bond acceptors (Lipinski definition) is 5. The summed E-state index contributed by atoms with van der Waals surface area (Å²) < 4.78 is 10.7. The first kappa shape index (κ1) is 17.4. The Kier molecular flexibility index (Phi) is 5.84. The van der Waals surface area contributed by atoms with E-state index >= 15 is 0 Å². The molecule has 0 bridgehead atoms. The number of nitrogens with one attached hydrogen (secondary N) is 1. The van der Waals surface area contributed by atoms with Crippen LogP contribution in [0.2, 0.25) is 0 Å². The Labute approximate surface area is 143 Å². The van der Waals surface area contributed by atoms with E-state index < -0.39 is 5.41 Å². The van der Waals surface area contributed by atoms with E-state index in [0.29, 0.717) is 32.6 Å². The molecule has 2 heterocycles. The van der Waals surface area contributed by atoms with Crippen molar-refractivity contribution in [2.24, 2.45) is 11.1 Å². The van der Waals surface area contributed by atoms with E-state index in [1.807, 2.05) is 12.1 Å². The fraction of sp³-hybridized carbons (Fsp3) is 0.611. The zero-order valence-corrected chi connectivity index (χ0v) is 14.1. The van der Waals surface area contributed by atoms with Crippen molar-refractivity contribution in [3.05, 3.63) is 29.8 Å². The third kappa shape index (κ3) is 4.13. The van der Waals surface area contributed by atoms with Crippen LogP contribution in [-0.2, 0) is 20.8 Å². The number of morpholine rings is 1. The molecule has 132 valence electrons. The Morgan fingerprint density at radius 2 is 1.71 bits per heavy atom. The molecule has 0 spiro atoms. The van der Waals surface area contributed by atoms with Gasteiger partial charge in [-0.15, -0.1) is 0 Å². The summed E-state index contributed by atoms with van der Waals surface area (Å²) in [6, 6.07) is 8.09. The van der Waals surface area contributed by atoms with E-state index in [2.05, 4.69) is 22.3 Å². The van der Waals surface area contributed by atoms with Crippen molar-refractivity contribution in [3.63, 3.8) is 0 Å². The molecule has 1 aromatic rings. The highest BCUT2D eigenvalue weighted by molar-refractivity contribution is 5.95. The average Bonchev–Trinajstić information content (AvgIpc) is 2.64. The van der Waals surface area contributed by atoms with Gasteiger partial charge in [-0.3, -0.25) is 9.69 Å². The van der Waals surface area contributed by atoms with Crippen molar-refractivity contribution in [2.75, 3.05) is 51.4 Å². The first-order chi connectivity index (χ1) is 11.7. The molecule has 0 atom stereocenters. The maximum atomic E-state index is 12.7. The standard InChI is InChI=1S/C18H27N3O3/c19-14-18(5-9-23-10-6-18)17(22)20-16-3-1-15(2-4-16)13-21-7-11-24-12-8-21/h1-4H,5-14,19H2,(H,20,22). The van der Waals surface area contributed by atoms with E-state index in [-0.39, 0.29) is 5.91 Å². The number of nitrogens with zero attached hydrogens (tertiary/aromatic N) is 1. The van der Waals surface area contributed by atoms with Crippen molar-refractivity contribution in [2.45, 2.75) is 19.4 Å². The fourth-order valence-corrected chi connectivity index (χ4v) is 3.26. The molecule has 3 N–H and O–H groups in total. The monoisotopic (exact) mass is 333 g/mol. The van der Waals surface area contributed by atoms with Crippen LogP contribution in [-0.4, -0.2) is 56.9 Å². The summed E-state index contributed by atoms with van der Waals surface area (Å²) in [6.45, 7) is 6.03. The average molecular weight is 333 g/mol. The van der Waals surface area contributed by atoms with Gasteiger partial charge < -0.3 is 20.5 Å². The van der Waals surface area contributed by atoms with Gasteiger partial charge in [0.2, 0.25) is 5.91 Å². The first-order valence-corrected chi connectivity index (χ1v) is 8.70. The van der Waals surface area contributed by atoms with Crippen LogP contribution in [0.15, 0.2) is 24.3 Å². The molecule has 6 nitrogen and oxygen atoms in total. The molecule has 0 aromatic heterocycles. The summed E-state index contributed by atoms with van der Waals surface area (Å²) in [4.78, 5) is 15.0. The highest BCUT2D eigenvalue weighted by Gasteiger charge is 2.38. The normalized spacial score (nSPS) is 21.4. The Morgan fingerprint density at radius 3 is 2.33 bits per heavy atom. The molecule has 2 fully saturated rings. The Balaban J connectivity index is 1.57. The number of hydrogen-bond donors (Lipinski definition) is 2. The molecule has 0 saturated carbocycles. The topological polar surface area (TPSA) is 76.8 Å². The predicted octanol–water partition coefficient (Wildman–Crippen LogP) is 1.21. The largest absolute Gasteiger partial charge is 0.381 e. The zero-order chi connectivity index (χ0) is 16.8. The third-order valence-electron chi connectivity index (χ3n) is 5.04. The van der Waals surface area contributed by atoms with Gasteiger partial charge in [-0.2, -0.15) is 0 Å². The SMILES string of the molecule is NCC1(C(=O)Nc2ccc(CN3CCOCC3)cc2)CCOCC1. The molecule has 2 aliphatic rings. The summed E-state index contributed by atoms with van der Waals surface area (Å²) in [6.07, 6.45) is 1.37. The minimum absolute atomic E-state index is 0.00855. The van der Waals surface area contributed by atoms with Gasteiger partial charge in [-0.25, -0.2) is 0 Å². The molecule has 0 unspecified atom stereocenters. The molecule has 0 radical (unpaired) electrons. The van der Waals surface area contributed by atoms with Gasteiger partial charge in [-0.1, -0.05) is 12.1 Å². The van der Waals surface area contributed by atoms with Gasteiger partial charge in [0.05, 0.1) is 18.6 Å². The van der Waals surface area contributed by atoms with Gasteiger partial charge >= 0.3 is 0 Å². The van der Waals surface area contributed by atoms with Gasteiger partial charge in [0.15, 0.2) is 0 Å². The van der Waals surface area contributed by atoms with Gasteiger partial charge in [0, 0.05) is 45.1 Å². The van der Waals surface area contributed by atoms with Gasteiger partial charge in [-0.05, 0) is 30.5 Å². The van der Waals surface area contributed by atoms with E-state index in [4.69, 9.17) is 15.2 Å². The highest BCUT2D eigenvalue weighted by Crippen LogP contribution is 2.31. The van der Waals surface area contributed by atoms with Gasteiger partial charge in [0.1, 0.15) is 0 Å². The number of amides is 1. The van der Waals surface area contributed by atoms with Crippen LogP contribution < -0.4 is 11.1 Å². The molecule has 1 amide bonds. The Bertz CT molecular complexity index is 535. The van der Waals surface area contributed by atoms with Crippen LogP contribution >= 0.6 is 0 Å². The van der Waals surface area contributed by atoms with Crippen LogP contribution in [0, 0.1) is 5.41 Å². The lowest BCUT2D eigenvalue weighted by Gasteiger charge is -2.34. The molecule has 0 aliphatic carbocycles. The molecular weight excluding hydrogens is 306 g/mol. The van der Waals surface area contributed by atoms with E-state index in [0.717, 1.165) is 38.5 Å². The van der Waals surface area contributed by atoms with Crippen molar-refractivity contribution in [1.29, 1.82) is 0 Å². The number of rotatable bonds is 5. The lowest BCUT2D eigenvalue weighted by molar-refractivity contribution is -0.130. The highest BCUT2D eigenvalue weighted by atomic mass is 16.5. The second-order valence-corrected chi connectivity index (χ2v) is 6.64. The predicted molar refractivity (Wildman–Crippen MR) is 92.7 cm³/mol. The van der Waals surface area contributed by atoms with Crippen LogP contribution in [0.4, 0.5) is 5.69 Å². The van der Waals surface area contributed by atoms with Crippen molar-refractivity contribution in [3.8, 4) is 0 Å². The summed E-state index contributed by atoms with van der Waals surface area (Å²) in [7, 11) is 0. The summed E-state index contributed by atoms with van der Waals surface area (Å²) in [5, 5.41) is 3.03. The quantitative estimate of drug-likeness (QED) is 0.847. The second-order valence-electron chi connectivity index (χ2n) is 6.64. The second kappa shape index (κ2) is 8.07. The maximum Gasteiger partial charge on any atom is 0.232 e. The fourth-order valence-electron chi connectivity index (χ4n) is 3.26. The minimum Gasteiger partial charge on any atom is -0.381 e. The lowest BCUT2D eigenvalue weighted by Crippen LogP contribution is -2.46. The number of nitrogens with two attached hydrogens (primary N) is 1. The molecule has 24 heavy (non-hydrogen) atoms. The zero-order valence-electron chi connectivity index (χ0n) is 14.1. The van der Waals surface area contributed by atoms with E-state index in [1.165, 1.54) is 5.56 Å². The van der Waals surface area contributed by atoms with E-state index in [9.17, 15) is 4.79 Å². The third-order valence-corrected chi connectivity index (χ3v) is 5.04. The van der Waals surface area contributed by atoms with E-state index in [1.54, 1.807) is 0 Å². The molecule has 3 rings (SSSR count). The smallest absolute Gasteiger partial charge is 0.232 e. The van der Waals surface area contributed by atoms with Gasteiger partial charge in [0.25, 0.3) is 0 Å². The number of benzene rings is 1. The number of carbonyl (C=O) groups is 1. The molecular formula is C18H27N3O3. The summed E-state index contributed by atoms with van der Waals surface area (Å²) >= 11 is 0. The van der Waals surface area contributed by atoms with Crippen molar-refractivity contribution < 1.29 is 14.3 Å². The molecule has 2 aliphatic heterocycles. The number of carbonyl (C=O) groups excluding carboxylic acids is 1. The van der Waals surface area contributed by atoms with Crippen LogP contribution in [0.3, 0.4) is 0 Å². The van der Waals surface area contributed by atoms with Crippen LogP contribution in [0.25, 0.3) is 0 Å². The minimum atomic E-state index is -0.495. The van der Waals surface area contributed by atoms with Crippen LogP contribution in [0.1, 0.15) is 18.4 Å².